The first-order chi connectivity index (χ1) is 10.3. The molecule has 2 aromatic rings. The maximum absolute atomic E-state index is 11.1. The molecule has 0 unspecified atom stereocenters. The normalized spacial score (nSPS) is 11.1. The lowest BCUT2D eigenvalue weighted by atomic mass is 9.96. The van der Waals surface area contributed by atoms with E-state index in [0.717, 1.165) is 0 Å². The van der Waals surface area contributed by atoms with E-state index in [4.69, 9.17) is 4.74 Å². The lowest BCUT2D eigenvalue weighted by Crippen LogP contribution is -2.17. The number of nitrogens with zero attached hydrogens (tertiary/aromatic N) is 1. The van der Waals surface area contributed by atoms with Gasteiger partial charge < -0.3 is 15.2 Å². The fourth-order valence-electron chi connectivity index (χ4n) is 2.17. The number of methoxy groups -OCH3 is 1. The van der Waals surface area contributed by atoms with Crippen LogP contribution >= 0.6 is 0 Å². The molecule has 0 fully saturated rings. The number of hydrogen-bond donors (Lipinski definition) is 2. The maximum atomic E-state index is 11.1. The number of ether oxygens (including phenoxy) is 1. The standard InChI is InChI=1S/C16H18N2O4/c1-16(2,19)12-9-8-11(22-3)10-14(12)17-13-6-4-5-7-15(13)18(20)21/h4-10,17,19H,1-3H3. The highest BCUT2D eigenvalue weighted by Gasteiger charge is 2.22. The van der Waals surface area contributed by atoms with Crippen molar-refractivity contribution in [3.63, 3.8) is 0 Å². The molecule has 2 rings (SSSR count). The molecule has 0 aliphatic carbocycles. The average molecular weight is 302 g/mol. The molecule has 0 aromatic heterocycles. The van der Waals surface area contributed by atoms with E-state index in [1.165, 1.54) is 13.2 Å². The topological polar surface area (TPSA) is 84.6 Å². The van der Waals surface area contributed by atoms with E-state index in [-0.39, 0.29) is 5.69 Å². The number of nitrogens with one attached hydrogen (secondary N) is 1. The average Bonchev–Trinajstić information content (AvgIpc) is 2.46. The SMILES string of the molecule is COc1ccc(C(C)(C)O)c(Nc2ccccc2[N+](=O)[O-])c1. The number of nitro benzene ring substituents is 1. The Balaban J connectivity index is 2.51. The van der Waals surface area contributed by atoms with Gasteiger partial charge in [0.2, 0.25) is 0 Å². The third-order valence-corrected chi connectivity index (χ3v) is 3.26. The minimum atomic E-state index is -1.10. The quantitative estimate of drug-likeness (QED) is 0.651. The van der Waals surface area contributed by atoms with E-state index in [1.54, 1.807) is 50.2 Å². The monoisotopic (exact) mass is 302 g/mol. The van der Waals surface area contributed by atoms with Crippen LogP contribution in [0.2, 0.25) is 0 Å². The molecule has 2 aromatic carbocycles. The summed E-state index contributed by atoms with van der Waals surface area (Å²) in [7, 11) is 1.54. The summed E-state index contributed by atoms with van der Waals surface area (Å²) in [6.45, 7) is 3.30. The van der Waals surface area contributed by atoms with Crippen molar-refractivity contribution in [2.75, 3.05) is 12.4 Å². The third-order valence-electron chi connectivity index (χ3n) is 3.26. The van der Waals surface area contributed by atoms with Gasteiger partial charge in [-0.3, -0.25) is 10.1 Å². The van der Waals surface area contributed by atoms with Crippen LogP contribution in [-0.2, 0) is 5.60 Å². The molecule has 6 nitrogen and oxygen atoms in total. The second kappa shape index (κ2) is 6.03. The Labute approximate surface area is 128 Å². The number of para-hydroxylation sites is 2. The Hall–Kier alpha value is -2.60. The molecular formula is C16H18N2O4. The van der Waals surface area contributed by atoms with E-state index in [2.05, 4.69) is 5.32 Å². The molecule has 0 radical (unpaired) electrons. The number of hydrogen-bond acceptors (Lipinski definition) is 5. The third kappa shape index (κ3) is 3.35. The van der Waals surface area contributed by atoms with Crippen molar-refractivity contribution >= 4 is 17.1 Å². The number of rotatable bonds is 5. The number of aliphatic hydroxyl groups is 1. The van der Waals surface area contributed by atoms with Crippen LogP contribution in [0.15, 0.2) is 42.5 Å². The molecule has 0 aliphatic heterocycles. The number of nitro groups is 1. The number of anilines is 2. The van der Waals surface area contributed by atoms with Crippen LogP contribution in [0.5, 0.6) is 5.75 Å². The zero-order valence-corrected chi connectivity index (χ0v) is 12.7. The van der Waals surface area contributed by atoms with Crippen molar-refractivity contribution in [1.29, 1.82) is 0 Å². The van der Waals surface area contributed by atoms with Crippen LogP contribution in [0.4, 0.5) is 17.1 Å². The molecule has 0 saturated heterocycles. The van der Waals surface area contributed by atoms with Crippen LogP contribution in [0.1, 0.15) is 19.4 Å². The highest BCUT2D eigenvalue weighted by Crippen LogP contribution is 2.35. The van der Waals surface area contributed by atoms with Gasteiger partial charge in [0.25, 0.3) is 5.69 Å². The molecule has 0 saturated carbocycles. The van der Waals surface area contributed by atoms with Crippen molar-refractivity contribution < 1.29 is 14.8 Å². The summed E-state index contributed by atoms with van der Waals surface area (Å²) in [4.78, 5) is 10.7. The van der Waals surface area contributed by atoms with Crippen LogP contribution in [-0.4, -0.2) is 17.1 Å². The predicted octanol–water partition coefficient (Wildman–Crippen LogP) is 3.57. The summed E-state index contributed by atoms with van der Waals surface area (Å²) in [6, 6.07) is 11.5. The van der Waals surface area contributed by atoms with Gasteiger partial charge in [-0.15, -0.1) is 0 Å². The first kappa shape index (κ1) is 15.8. The molecular weight excluding hydrogens is 284 g/mol. The van der Waals surface area contributed by atoms with Gasteiger partial charge in [0.05, 0.1) is 17.6 Å². The van der Waals surface area contributed by atoms with Crippen molar-refractivity contribution in [2.24, 2.45) is 0 Å². The molecule has 0 amide bonds. The molecule has 22 heavy (non-hydrogen) atoms. The van der Waals surface area contributed by atoms with Gasteiger partial charge in [0.1, 0.15) is 11.4 Å². The molecule has 6 heteroatoms. The summed E-state index contributed by atoms with van der Waals surface area (Å²) in [6.07, 6.45) is 0. The highest BCUT2D eigenvalue weighted by atomic mass is 16.6. The van der Waals surface area contributed by atoms with Gasteiger partial charge in [0.15, 0.2) is 0 Å². The van der Waals surface area contributed by atoms with E-state index in [1.807, 2.05) is 0 Å². The lowest BCUT2D eigenvalue weighted by molar-refractivity contribution is -0.383. The largest absolute Gasteiger partial charge is 0.497 e. The zero-order valence-electron chi connectivity index (χ0n) is 12.7. The first-order valence-electron chi connectivity index (χ1n) is 6.74. The van der Waals surface area contributed by atoms with Crippen LogP contribution in [0, 0.1) is 10.1 Å². The Morgan fingerprint density at radius 2 is 1.86 bits per heavy atom. The second-order valence-corrected chi connectivity index (χ2v) is 5.37. The van der Waals surface area contributed by atoms with Crippen molar-refractivity contribution in [1.82, 2.24) is 0 Å². The van der Waals surface area contributed by atoms with Crippen molar-refractivity contribution in [3.05, 3.63) is 58.1 Å². The molecule has 0 aliphatic rings. The van der Waals surface area contributed by atoms with E-state index in [0.29, 0.717) is 22.7 Å². The van der Waals surface area contributed by atoms with Crippen molar-refractivity contribution in [3.8, 4) is 5.75 Å². The summed E-state index contributed by atoms with van der Waals surface area (Å²) in [5.74, 6) is 0.592. The molecule has 0 atom stereocenters. The Morgan fingerprint density at radius 1 is 1.18 bits per heavy atom. The molecule has 0 bridgehead atoms. The van der Waals surface area contributed by atoms with Gasteiger partial charge in [0, 0.05) is 23.4 Å². The van der Waals surface area contributed by atoms with Crippen LogP contribution < -0.4 is 10.1 Å². The summed E-state index contributed by atoms with van der Waals surface area (Å²) < 4.78 is 5.18. The fraction of sp³-hybridized carbons (Fsp3) is 0.250. The van der Waals surface area contributed by atoms with Gasteiger partial charge >= 0.3 is 0 Å². The molecule has 0 spiro atoms. The van der Waals surface area contributed by atoms with Crippen molar-refractivity contribution in [2.45, 2.75) is 19.4 Å². The summed E-state index contributed by atoms with van der Waals surface area (Å²) >= 11 is 0. The first-order valence-corrected chi connectivity index (χ1v) is 6.74. The minimum absolute atomic E-state index is 0.0352. The van der Waals surface area contributed by atoms with Gasteiger partial charge in [-0.1, -0.05) is 18.2 Å². The Kier molecular flexibility index (Phi) is 4.32. The van der Waals surface area contributed by atoms with Gasteiger partial charge in [-0.25, -0.2) is 0 Å². The summed E-state index contributed by atoms with van der Waals surface area (Å²) in [5, 5.41) is 24.4. The second-order valence-electron chi connectivity index (χ2n) is 5.37. The maximum Gasteiger partial charge on any atom is 0.292 e. The minimum Gasteiger partial charge on any atom is -0.497 e. The van der Waals surface area contributed by atoms with E-state index < -0.39 is 10.5 Å². The molecule has 116 valence electrons. The smallest absolute Gasteiger partial charge is 0.292 e. The lowest BCUT2D eigenvalue weighted by Gasteiger charge is -2.23. The van der Waals surface area contributed by atoms with Crippen LogP contribution in [0.3, 0.4) is 0 Å². The Morgan fingerprint density at radius 3 is 2.45 bits per heavy atom. The Bertz CT molecular complexity index is 693. The fourth-order valence-corrected chi connectivity index (χ4v) is 2.17. The van der Waals surface area contributed by atoms with E-state index in [9.17, 15) is 15.2 Å². The van der Waals surface area contributed by atoms with E-state index >= 15 is 0 Å². The molecule has 0 heterocycles. The predicted molar refractivity (Wildman–Crippen MR) is 84.6 cm³/mol. The summed E-state index contributed by atoms with van der Waals surface area (Å²) in [5.41, 5.74) is 0.393. The zero-order chi connectivity index (χ0) is 16.3. The van der Waals surface area contributed by atoms with Gasteiger partial charge in [-0.2, -0.15) is 0 Å². The highest BCUT2D eigenvalue weighted by molar-refractivity contribution is 5.72. The van der Waals surface area contributed by atoms with Gasteiger partial charge in [-0.05, 0) is 26.0 Å². The number of benzene rings is 2. The molecule has 2 N–H and O–H groups in total. The van der Waals surface area contributed by atoms with Crippen LogP contribution in [0.25, 0.3) is 0 Å².